The quantitative estimate of drug-likeness (QED) is 0.718. The number of rotatable bonds is 1. The standard InChI is InChI=1S/C15H15BrClN3O/c1-7-10-6-18-15(17)19-13(10)20(14(21)12(7)16)11-5-8-2-3-9(11)4-8/h6,8-9,11H,2-5H2,1H3. The first kappa shape index (κ1) is 13.7. The topological polar surface area (TPSA) is 47.8 Å². The van der Waals surface area contributed by atoms with Crippen molar-refractivity contribution in [3.05, 3.63) is 31.9 Å². The van der Waals surface area contributed by atoms with Crippen LogP contribution in [0.1, 0.15) is 37.3 Å². The van der Waals surface area contributed by atoms with Gasteiger partial charge >= 0.3 is 0 Å². The molecule has 4 nitrogen and oxygen atoms in total. The Morgan fingerprint density at radius 2 is 2.19 bits per heavy atom. The molecular weight excluding hydrogens is 354 g/mol. The normalized spacial score (nSPS) is 27.7. The van der Waals surface area contributed by atoms with E-state index in [0.29, 0.717) is 16.0 Å². The zero-order valence-electron chi connectivity index (χ0n) is 11.6. The molecule has 0 N–H and O–H groups in total. The van der Waals surface area contributed by atoms with E-state index in [0.717, 1.165) is 23.3 Å². The molecule has 2 saturated carbocycles. The Morgan fingerprint density at radius 1 is 1.38 bits per heavy atom. The van der Waals surface area contributed by atoms with E-state index in [1.165, 1.54) is 19.3 Å². The largest absolute Gasteiger partial charge is 0.288 e. The smallest absolute Gasteiger partial charge is 0.267 e. The van der Waals surface area contributed by atoms with Crippen LogP contribution in [0.5, 0.6) is 0 Å². The second kappa shape index (κ2) is 4.78. The van der Waals surface area contributed by atoms with Crippen molar-refractivity contribution in [1.82, 2.24) is 14.5 Å². The molecule has 2 aliphatic carbocycles. The zero-order valence-corrected chi connectivity index (χ0v) is 14.0. The van der Waals surface area contributed by atoms with Gasteiger partial charge in [-0.1, -0.05) is 6.42 Å². The highest BCUT2D eigenvalue weighted by Crippen LogP contribution is 2.50. The summed E-state index contributed by atoms with van der Waals surface area (Å²) in [5.41, 5.74) is 1.57. The number of hydrogen-bond donors (Lipinski definition) is 0. The lowest BCUT2D eigenvalue weighted by atomic mass is 9.94. The van der Waals surface area contributed by atoms with Crippen LogP contribution >= 0.6 is 27.5 Å². The van der Waals surface area contributed by atoms with E-state index in [2.05, 4.69) is 25.9 Å². The van der Waals surface area contributed by atoms with Gasteiger partial charge in [-0.25, -0.2) is 4.98 Å². The molecule has 2 fully saturated rings. The van der Waals surface area contributed by atoms with Crippen LogP contribution in [0, 0.1) is 18.8 Å². The fraction of sp³-hybridized carbons (Fsp3) is 0.533. The van der Waals surface area contributed by atoms with Gasteiger partial charge in [0.25, 0.3) is 5.56 Å². The molecule has 2 bridgehead atoms. The SMILES string of the molecule is Cc1c(Br)c(=O)n(C2CC3CCC2C3)c2nc(Cl)ncc12. The van der Waals surface area contributed by atoms with Crippen LogP contribution in [0.3, 0.4) is 0 Å². The van der Waals surface area contributed by atoms with Gasteiger partial charge in [0.15, 0.2) is 0 Å². The summed E-state index contributed by atoms with van der Waals surface area (Å²) in [5, 5.41) is 1.09. The van der Waals surface area contributed by atoms with Crippen molar-refractivity contribution in [3.63, 3.8) is 0 Å². The highest BCUT2D eigenvalue weighted by molar-refractivity contribution is 9.10. The molecule has 4 rings (SSSR count). The lowest BCUT2D eigenvalue weighted by molar-refractivity contribution is 0.329. The van der Waals surface area contributed by atoms with Gasteiger partial charge in [-0.2, -0.15) is 4.98 Å². The van der Waals surface area contributed by atoms with Crippen molar-refractivity contribution in [3.8, 4) is 0 Å². The number of aryl methyl sites for hydroxylation is 1. The van der Waals surface area contributed by atoms with Crippen LogP contribution in [0.4, 0.5) is 0 Å². The van der Waals surface area contributed by atoms with Crippen molar-refractivity contribution in [2.45, 2.75) is 38.6 Å². The molecule has 0 radical (unpaired) electrons. The van der Waals surface area contributed by atoms with Gasteiger partial charge in [0.2, 0.25) is 5.28 Å². The number of halogens is 2. The number of hydrogen-bond acceptors (Lipinski definition) is 3. The predicted molar refractivity (Wildman–Crippen MR) is 85.7 cm³/mol. The van der Waals surface area contributed by atoms with E-state index in [4.69, 9.17) is 11.6 Å². The molecule has 6 heteroatoms. The third kappa shape index (κ3) is 1.97. The molecule has 2 aromatic rings. The maximum absolute atomic E-state index is 12.8. The predicted octanol–water partition coefficient (Wildman–Crippen LogP) is 3.88. The lowest BCUT2D eigenvalue weighted by Crippen LogP contribution is -2.30. The maximum Gasteiger partial charge on any atom is 0.267 e. The van der Waals surface area contributed by atoms with Gasteiger partial charge in [-0.15, -0.1) is 0 Å². The molecule has 0 aromatic carbocycles. The first-order valence-electron chi connectivity index (χ1n) is 7.29. The Morgan fingerprint density at radius 3 is 2.86 bits per heavy atom. The van der Waals surface area contributed by atoms with Gasteiger partial charge in [-0.05, 0) is 71.1 Å². The van der Waals surface area contributed by atoms with Gasteiger partial charge in [0, 0.05) is 17.6 Å². The summed E-state index contributed by atoms with van der Waals surface area (Å²) in [7, 11) is 0. The van der Waals surface area contributed by atoms with E-state index in [9.17, 15) is 4.79 Å². The van der Waals surface area contributed by atoms with E-state index >= 15 is 0 Å². The third-order valence-electron chi connectivity index (χ3n) is 5.14. The highest BCUT2D eigenvalue weighted by atomic mass is 79.9. The van der Waals surface area contributed by atoms with Gasteiger partial charge < -0.3 is 0 Å². The number of nitrogens with zero attached hydrogens (tertiary/aromatic N) is 3. The molecule has 0 aliphatic heterocycles. The molecule has 0 amide bonds. The van der Waals surface area contributed by atoms with E-state index in [1.54, 1.807) is 6.20 Å². The summed E-state index contributed by atoms with van der Waals surface area (Å²) in [4.78, 5) is 21.2. The Bertz CT molecular complexity index is 804. The summed E-state index contributed by atoms with van der Waals surface area (Å²) in [6, 6.07) is 0.251. The second-order valence-corrected chi connectivity index (χ2v) is 7.36. The molecule has 2 aliphatic rings. The zero-order chi connectivity index (χ0) is 14.7. The Balaban J connectivity index is 2.03. The minimum atomic E-state index is 0.00677. The summed E-state index contributed by atoms with van der Waals surface area (Å²) < 4.78 is 2.48. The lowest BCUT2D eigenvalue weighted by Gasteiger charge is -2.26. The van der Waals surface area contributed by atoms with Gasteiger partial charge in [0.05, 0.1) is 4.47 Å². The van der Waals surface area contributed by atoms with Crippen molar-refractivity contribution >= 4 is 38.6 Å². The number of fused-ring (bicyclic) bond motifs is 3. The molecule has 21 heavy (non-hydrogen) atoms. The number of aromatic nitrogens is 3. The molecular formula is C15H15BrClN3O. The Hall–Kier alpha value is -0.940. The average Bonchev–Trinajstić information content (AvgIpc) is 3.08. The first-order chi connectivity index (χ1) is 10.1. The van der Waals surface area contributed by atoms with E-state index in [-0.39, 0.29) is 16.9 Å². The van der Waals surface area contributed by atoms with Crippen LogP contribution in [0.15, 0.2) is 15.5 Å². The molecule has 0 saturated heterocycles. The fourth-order valence-electron chi connectivity index (χ4n) is 4.12. The highest BCUT2D eigenvalue weighted by Gasteiger charge is 2.41. The van der Waals surface area contributed by atoms with E-state index < -0.39 is 0 Å². The first-order valence-corrected chi connectivity index (χ1v) is 8.46. The van der Waals surface area contributed by atoms with Crippen molar-refractivity contribution in [2.24, 2.45) is 11.8 Å². The number of pyridine rings is 1. The second-order valence-electron chi connectivity index (χ2n) is 6.23. The molecule has 3 unspecified atom stereocenters. The van der Waals surface area contributed by atoms with Crippen LogP contribution in [-0.4, -0.2) is 14.5 Å². The van der Waals surface area contributed by atoms with Gasteiger partial charge in [-0.3, -0.25) is 9.36 Å². The monoisotopic (exact) mass is 367 g/mol. The molecule has 0 spiro atoms. The minimum absolute atomic E-state index is 0.00677. The molecule has 110 valence electrons. The third-order valence-corrected chi connectivity index (χ3v) is 6.26. The fourth-order valence-corrected chi connectivity index (χ4v) is 4.65. The van der Waals surface area contributed by atoms with Gasteiger partial charge in [0.1, 0.15) is 5.65 Å². The van der Waals surface area contributed by atoms with Crippen LogP contribution in [0.25, 0.3) is 11.0 Å². The van der Waals surface area contributed by atoms with Crippen LogP contribution in [-0.2, 0) is 0 Å². The molecule has 2 aromatic heterocycles. The minimum Gasteiger partial charge on any atom is -0.288 e. The van der Waals surface area contributed by atoms with Crippen molar-refractivity contribution < 1.29 is 0 Å². The average molecular weight is 369 g/mol. The summed E-state index contributed by atoms with van der Waals surface area (Å²) in [6.07, 6.45) is 6.55. The van der Waals surface area contributed by atoms with Crippen LogP contribution in [0.2, 0.25) is 5.28 Å². The molecule has 3 atom stereocenters. The Labute approximate surface area is 135 Å². The molecule has 2 heterocycles. The Kier molecular flexibility index (Phi) is 3.12. The summed E-state index contributed by atoms with van der Waals surface area (Å²) >= 11 is 9.42. The summed E-state index contributed by atoms with van der Waals surface area (Å²) in [5.74, 6) is 1.36. The van der Waals surface area contributed by atoms with Crippen molar-refractivity contribution in [2.75, 3.05) is 0 Å². The van der Waals surface area contributed by atoms with Crippen LogP contribution < -0.4 is 5.56 Å². The summed E-state index contributed by atoms with van der Waals surface area (Å²) in [6.45, 7) is 1.91. The van der Waals surface area contributed by atoms with E-state index in [1.807, 2.05) is 11.5 Å². The van der Waals surface area contributed by atoms with Crippen molar-refractivity contribution in [1.29, 1.82) is 0 Å². The maximum atomic E-state index is 12.8.